The van der Waals surface area contributed by atoms with E-state index in [9.17, 15) is 4.79 Å². The van der Waals surface area contributed by atoms with Crippen LogP contribution in [0.4, 0.5) is 5.82 Å². The van der Waals surface area contributed by atoms with Crippen LogP contribution in [0.15, 0.2) is 18.3 Å². The van der Waals surface area contributed by atoms with E-state index in [0.717, 1.165) is 19.4 Å². The summed E-state index contributed by atoms with van der Waals surface area (Å²) < 4.78 is 0. The lowest BCUT2D eigenvalue weighted by Crippen LogP contribution is -2.41. The highest BCUT2D eigenvalue weighted by molar-refractivity contribution is 5.98. The van der Waals surface area contributed by atoms with E-state index in [1.165, 1.54) is 12.8 Å². The van der Waals surface area contributed by atoms with Crippen LogP contribution < -0.4 is 5.32 Å². The van der Waals surface area contributed by atoms with Crippen LogP contribution in [0.2, 0.25) is 0 Å². The van der Waals surface area contributed by atoms with Crippen LogP contribution in [0.5, 0.6) is 0 Å². The van der Waals surface area contributed by atoms with Crippen molar-refractivity contribution >= 4 is 11.7 Å². The minimum absolute atomic E-state index is 0.0729. The molecule has 1 aliphatic carbocycles. The molecule has 1 heterocycles. The van der Waals surface area contributed by atoms with Crippen LogP contribution >= 0.6 is 0 Å². The number of pyridine rings is 1. The second-order valence-electron chi connectivity index (χ2n) is 6.74. The molecule has 0 bridgehead atoms. The van der Waals surface area contributed by atoms with Gasteiger partial charge in [-0.2, -0.15) is 0 Å². The first-order valence-corrected chi connectivity index (χ1v) is 7.90. The fourth-order valence-electron chi connectivity index (χ4n) is 3.01. The molecular weight excluding hydrogens is 262 g/mol. The number of rotatable bonds is 4. The number of anilines is 1. The van der Waals surface area contributed by atoms with E-state index in [1.54, 1.807) is 6.20 Å². The summed E-state index contributed by atoms with van der Waals surface area (Å²) in [5.41, 5.74) is 1.09. The van der Waals surface area contributed by atoms with E-state index >= 15 is 0 Å². The lowest BCUT2D eigenvalue weighted by molar-refractivity contribution is 0.0636. The molecule has 116 valence electrons. The van der Waals surface area contributed by atoms with Crippen LogP contribution in [0.3, 0.4) is 0 Å². The molecule has 0 radical (unpaired) electrons. The molecule has 0 aromatic carbocycles. The first-order valence-electron chi connectivity index (χ1n) is 7.90. The van der Waals surface area contributed by atoms with Gasteiger partial charge in [0.2, 0.25) is 0 Å². The summed E-state index contributed by atoms with van der Waals surface area (Å²) in [6.07, 6.45) is 6.26. The van der Waals surface area contributed by atoms with Gasteiger partial charge in [-0.1, -0.05) is 13.8 Å². The average molecular weight is 289 g/mol. The van der Waals surface area contributed by atoms with Crippen molar-refractivity contribution in [3.8, 4) is 0 Å². The van der Waals surface area contributed by atoms with Crippen LogP contribution in [-0.4, -0.2) is 35.4 Å². The second-order valence-corrected chi connectivity index (χ2v) is 6.74. The molecule has 1 fully saturated rings. The molecule has 1 saturated carbocycles. The largest absolute Gasteiger partial charge is 0.370 e. The van der Waals surface area contributed by atoms with E-state index < -0.39 is 0 Å². The molecule has 1 amide bonds. The minimum atomic E-state index is 0.0729. The summed E-state index contributed by atoms with van der Waals surface area (Å²) >= 11 is 0. The van der Waals surface area contributed by atoms with E-state index in [1.807, 2.05) is 31.0 Å². The van der Waals surface area contributed by atoms with Gasteiger partial charge >= 0.3 is 0 Å². The molecular formula is C17H27N3O. The van der Waals surface area contributed by atoms with Gasteiger partial charge in [-0.05, 0) is 50.2 Å². The molecule has 0 aliphatic heterocycles. The van der Waals surface area contributed by atoms with Crippen molar-refractivity contribution in [1.82, 2.24) is 9.88 Å². The lowest BCUT2D eigenvalue weighted by atomic mass is 9.75. The van der Waals surface area contributed by atoms with Gasteiger partial charge in [0.15, 0.2) is 0 Å². The van der Waals surface area contributed by atoms with Gasteiger partial charge in [0.05, 0.1) is 5.56 Å². The first kappa shape index (κ1) is 15.8. The van der Waals surface area contributed by atoms with E-state index in [-0.39, 0.29) is 5.91 Å². The molecule has 0 saturated heterocycles. The number of nitrogens with zero attached hydrogens (tertiary/aromatic N) is 2. The van der Waals surface area contributed by atoms with Crippen molar-refractivity contribution < 1.29 is 4.79 Å². The van der Waals surface area contributed by atoms with Crippen LogP contribution in [-0.2, 0) is 0 Å². The third-order valence-corrected chi connectivity index (χ3v) is 4.56. The van der Waals surface area contributed by atoms with E-state index in [4.69, 9.17) is 0 Å². The van der Waals surface area contributed by atoms with Crippen molar-refractivity contribution in [3.63, 3.8) is 0 Å². The summed E-state index contributed by atoms with van der Waals surface area (Å²) in [7, 11) is 1.92. The monoisotopic (exact) mass is 289 g/mol. The maximum Gasteiger partial charge on any atom is 0.257 e. The molecule has 1 aromatic heterocycles. The number of carbonyl (C=O) groups is 1. The Morgan fingerprint density at radius 2 is 2.10 bits per heavy atom. The standard InChI is InChI=1S/C17H27N3O/c1-5-18-15-14(7-6-12-19-15)16(21)20(4)13-8-10-17(2,3)11-9-13/h6-7,12-13H,5,8-11H2,1-4H3,(H,18,19). The van der Waals surface area contributed by atoms with Crippen molar-refractivity contribution in [2.45, 2.75) is 52.5 Å². The minimum Gasteiger partial charge on any atom is -0.370 e. The second kappa shape index (κ2) is 6.46. The molecule has 1 aliphatic rings. The van der Waals surface area contributed by atoms with Gasteiger partial charge in [0.25, 0.3) is 5.91 Å². The molecule has 1 aromatic rings. The maximum atomic E-state index is 12.7. The topological polar surface area (TPSA) is 45.2 Å². The molecule has 0 atom stereocenters. The molecule has 0 spiro atoms. The molecule has 1 N–H and O–H groups in total. The molecule has 2 rings (SSSR count). The van der Waals surface area contributed by atoms with E-state index in [2.05, 4.69) is 24.1 Å². The normalized spacial score (nSPS) is 18.3. The Hall–Kier alpha value is -1.58. The predicted molar refractivity (Wildman–Crippen MR) is 86.5 cm³/mol. The summed E-state index contributed by atoms with van der Waals surface area (Å²) in [6.45, 7) is 7.40. The Morgan fingerprint density at radius 1 is 1.43 bits per heavy atom. The zero-order chi connectivity index (χ0) is 15.5. The summed E-state index contributed by atoms with van der Waals surface area (Å²) in [6, 6.07) is 4.03. The van der Waals surface area contributed by atoms with Gasteiger partial charge in [0.1, 0.15) is 5.82 Å². The number of amides is 1. The van der Waals surface area contributed by atoms with Crippen LogP contribution in [0.25, 0.3) is 0 Å². The van der Waals surface area contributed by atoms with Crippen LogP contribution in [0, 0.1) is 5.41 Å². The highest BCUT2D eigenvalue weighted by atomic mass is 16.2. The summed E-state index contributed by atoms with van der Waals surface area (Å²) in [5, 5.41) is 3.17. The van der Waals surface area contributed by atoms with Gasteiger partial charge in [0, 0.05) is 25.8 Å². The molecule has 4 heteroatoms. The van der Waals surface area contributed by atoms with Crippen LogP contribution in [0.1, 0.15) is 56.8 Å². The number of aromatic nitrogens is 1. The fourth-order valence-corrected chi connectivity index (χ4v) is 3.01. The Morgan fingerprint density at radius 3 is 2.71 bits per heavy atom. The highest BCUT2D eigenvalue weighted by Crippen LogP contribution is 2.37. The Labute approximate surface area is 127 Å². The number of nitrogens with one attached hydrogen (secondary N) is 1. The highest BCUT2D eigenvalue weighted by Gasteiger charge is 2.31. The Balaban J connectivity index is 2.09. The van der Waals surface area contributed by atoms with Gasteiger partial charge in [-0.25, -0.2) is 4.98 Å². The zero-order valence-electron chi connectivity index (χ0n) is 13.6. The van der Waals surface area contributed by atoms with Crippen molar-refractivity contribution in [2.24, 2.45) is 5.41 Å². The van der Waals surface area contributed by atoms with Gasteiger partial charge in [-0.15, -0.1) is 0 Å². The average Bonchev–Trinajstić information content (AvgIpc) is 2.47. The number of carbonyl (C=O) groups excluding carboxylic acids is 1. The predicted octanol–water partition coefficient (Wildman–Crippen LogP) is 3.55. The quantitative estimate of drug-likeness (QED) is 0.922. The zero-order valence-corrected chi connectivity index (χ0v) is 13.6. The smallest absolute Gasteiger partial charge is 0.257 e. The fraction of sp³-hybridized carbons (Fsp3) is 0.647. The number of hydrogen-bond acceptors (Lipinski definition) is 3. The Kier molecular flexibility index (Phi) is 4.86. The molecule has 0 unspecified atom stereocenters. The van der Waals surface area contributed by atoms with Crippen molar-refractivity contribution in [1.29, 1.82) is 0 Å². The summed E-state index contributed by atoms with van der Waals surface area (Å²) in [4.78, 5) is 18.9. The third-order valence-electron chi connectivity index (χ3n) is 4.56. The molecule has 4 nitrogen and oxygen atoms in total. The number of hydrogen-bond donors (Lipinski definition) is 1. The first-order chi connectivity index (χ1) is 9.94. The van der Waals surface area contributed by atoms with Gasteiger partial charge in [-0.3, -0.25) is 4.79 Å². The third kappa shape index (κ3) is 3.74. The van der Waals surface area contributed by atoms with E-state index in [0.29, 0.717) is 22.8 Å². The summed E-state index contributed by atoms with van der Waals surface area (Å²) in [5.74, 6) is 0.761. The lowest BCUT2D eigenvalue weighted by Gasteiger charge is -2.38. The van der Waals surface area contributed by atoms with Gasteiger partial charge < -0.3 is 10.2 Å². The Bertz CT molecular complexity index is 489. The van der Waals surface area contributed by atoms with Crippen molar-refractivity contribution in [3.05, 3.63) is 23.9 Å². The SMILES string of the molecule is CCNc1ncccc1C(=O)N(C)C1CCC(C)(C)CC1. The maximum absolute atomic E-state index is 12.7. The van der Waals surface area contributed by atoms with Crippen molar-refractivity contribution in [2.75, 3.05) is 18.9 Å². The molecule has 21 heavy (non-hydrogen) atoms.